The van der Waals surface area contributed by atoms with E-state index in [1.54, 1.807) is 0 Å². The topological polar surface area (TPSA) is 6.48 Å². The lowest BCUT2D eigenvalue weighted by Crippen LogP contribution is -2.46. The van der Waals surface area contributed by atoms with Crippen LogP contribution in [0.2, 0.25) is 0 Å². The zero-order chi connectivity index (χ0) is 12.0. The highest BCUT2D eigenvalue weighted by molar-refractivity contribution is 4.75. The molecule has 0 atom stereocenters. The second kappa shape index (κ2) is 6.61. The highest BCUT2D eigenvalue weighted by Gasteiger charge is 2.20. The summed E-state index contributed by atoms with van der Waals surface area (Å²) in [4.78, 5) is 5.19. The third-order valence-corrected chi connectivity index (χ3v) is 3.94. The van der Waals surface area contributed by atoms with E-state index in [0.29, 0.717) is 5.41 Å². The third-order valence-electron chi connectivity index (χ3n) is 3.94. The van der Waals surface area contributed by atoms with Crippen molar-refractivity contribution in [2.45, 2.75) is 47.0 Å². The Kier molecular flexibility index (Phi) is 5.77. The first-order chi connectivity index (χ1) is 7.57. The van der Waals surface area contributed by atoms with Crippen LogP contribution >= 0.6 is 0 Å². The van der Waals surface area contributed by atoms with E-state index in [-0.39, 0.29) is 0 Å². The Morgan fingerprint density at radius 1 is 0.875 bits per heavy atom. The summed E-state index contributed by atoms with van der Waals surface area (Å²) < 4.78 is 0. The fourth-order valence-corrected chi connectivity index (χ4v) is 2.59. The van der Waals surface area contributed by atoms with Crippen molar-refractivity contribution in [1.29, 1.82) is 0 Å². The average Bonchev–Trinajstić information content (AvgIpc) is 2.27. The molecule has 16 heavy (non-hydrogen) atoms. The predicted molar refractivity (Wildman–Crippen MR) is 71.9 cm³/mol. The molecule has 1 saturated heterocycles. The molecule has 0 amide bonds. The van der Waals surface area contributed by atoms with E-state index >= 15 is 0 Å². The van der Waals surface area contributed by atoms with Crippen LogP contribution in [0, 0.1) is 5.41 Å². The van der Waals surface area contributed by atoms with Crippen LogP contribution in [0.25, 0.3) is 0 Å². The molecule has 0 aromatic rings. The van der Waals surface area contributed by atoms with E-state index in [1.807, 2.05) is 0 Å². The summed E-state index contributed by atoms with van der Waals surface area (Å²) in [6, 6.07) is 0. The van der Waals surface area contributed by atoms with E-state index in [0.717, 1.165) is 0 Å². The molecule has 0 spiro atoms. The number of nitrogens with zero attached hydrogens (tertiary/aromatic N) is 2. The molecule has 0 unspecified atom stereocenters. The first-order valence-electron chi connectivity index (χ1n) is 7.02. The van der Waals surface area contributed by atoms with Gasteiger partial charge in [0.15, 0.2) is 0 Å². The van der Waals surface area contributed by atoms with Crippen molar-refractivity contribution >= 4 is 0 Å². The van der Waals surface area contributed by atoms with Crippen molar-refractivity contribution in [3.8, 4) is 0 Å². The number of likely N-dealkylation sites (N-methyl/N-ethyl adjacent to an activating group) is 1. The van der Waals surface area contributed by atoms with Gasteiger partial charge < -0.3 is 9.80 Å². The third kappa shape index (κ3) is 4.84. The lowest BCUT2D eigenvalue weighted by atomic mass is 9.84. The van der Waals surface area contributed by atoms with Crippen molar-refractivity contribution in [3.63, 3.8) is 0 Å². The van der Waals surface area contributed by atoms with Crippen LogP contribution in [0.1, 0.15) is 47.0 Å². The van der Waals surface area contributed by atoms with Gasteiger partial charge >= 0.3 is 0 Å². The standard InChI is InChI=1S/C14H30N2/c1-5-7-14(3,4)8-9-16-12-10-15(6-2)11-13-16/h5-13H2,1-4H3. The minimum absolute atomic E-state index is 0.538. The SMILES string of the molecule is CCCC(C)(C)CCN1CCN(CC)CC1. The van der Waals surface area contributed by atoms with Crippen molar-refractivity contribution in [2.24, 2.45) is 5.41 Å². The van der Waals surface area contributed by atoms with Crippen LogP contribution in [0.4, 0.5) is 0 Å². The predicted octanol–water partition coefficient (Wildman–Crippen LogP) is 2.84. The Labute approximate surface area is 102 Å². The maximum absolute atomic E-state index is 2.64. The molecule has 2 nitrogen and oxygen atoms in total. The molecule has 0 aliphatic carbocycles. The number of piperazine rings is 1. The molecular weight excluding hydrogens is 196 g/mol. The molecule has 1 heterocycles. The molecule has 2 heteroatoms. The number of hydrogen-bond acceptors (Lipinski definition) is 2. The lowest BCUT2D eigenvalue weighted by Gasteiger charge is -2.36. The Morgan fingerprint density at radius 2 is 1.44 bits per heavy atom. The van der Waals surface area contributed by atoms with Crippen LogP contribution < -0.4 is 0 Å². The highest BCUT2D eigenvalue weighted by Crippen LogP contribution is 2.26. The minimum atomic E-state index is 0.538. The van der Waals surface area contributed by atoms with Crippen LogP contribution in [0.3, 0.4) is 0 Å². The normalized spacial score (nSPS) is 20.2. The van der Waals surface area contributed by atoms with E-state index in [9.17, 15) is 0 Å². The van der Waals surface area contributed by atoms with Gasteiger partial charge in [-0.2, -0.15) is 0 Å². The second-order valence-electron chi connectivity index (χ2n) is 5.94. The van der Waals surface area contributed by atoms with Gasteiger partial charge in [-0.05, 0) is 31.3 Å². The van der Waals surface area contributed by atoms with Crippen molar-refractivity contribution in [2.75, 3.05) is 39.3 Å². The second-order valence-corrected chi connectivity index (χ2v) is 5.94. The van der Waals surface area contributed by atoms with E-state index in [2.05, 4.69) is 37.5 Å². The van der Waals surface area contributed by atoms with Gasteiger partial charge in [0.1, 0.15) is 0 Å². The average molecular weight is 226 g/mol. The first-order valence-corrected chi connectivity index (χ1v) is 7.02. The molecule has 0 radical (unpaired) electrons. The summed E-state index contributed by atoms with van der Waals surface area (Å²) >= 11 is 0. The Bertz CT molecular complexity index is 181. The molecule has 1 rings (SSSR count). The summed E-state index contributed by atoms with van der Waals surface area (Å²) in [7, 11) is 0. The van der Waals surface area contributed by atoms with Crippen LogP contribution in [0.5, 0.6) is 0 Å². The molecule has 0 aromatic heterocycles. The molecule has 1 aliphatic rings. The van der Waals surface area contributed by atoms with Crippen LogP contribution in [0.15, 0.2) is 0 Å². The highest BCUT2D eigenvalue weighted by atomic mass is 15.3. The molecule has 96 valence electrons. The quantitative estimate of drug-likeness (QED) is 0.687. The number of hydrogen-bond donors (Lipinski definition) is 0. The van der Waals surface area contributed by atoms with E-state index < -0.39 is 0 Å². The maximum Gasteiger partial charge on any atom is 0.0110 e. The summed E-state index contributed by atoms with van der Waals surface area (Å²) in [5, 5.41) is 0. The summed E-state index contributed by atoms with van der Waals surface area (Å²) in [5.41, 5.74) is 0.538. The molecule has 0 saturated carbocycles. The van der Waals surface area contributed by atoms with Gasteiger partial charge in [0.2, 0.25) is 0 Å². The van der Waals surface area contributed by atoms with Gasteiger partial charge in [-0.15, -0.1) is 0 Å². The molecule has 0 N–H and O–H groups in total. The van der Waals surface area contributed by atoms with E-state index in [1.165, 1.54) is 58.5 Å². The molecule has 0 bridgehead atoms. The minimum Gasteiger partial charge on any atom is -0.301 e. The van der Waals surface area contributed by atoms with Crippen molar-refractivity contribution in [1.82, 2.24) is 9.80 Å². The van der Waals surface area contributed by atoms with Gasteiger partial charge in [0.05, 0.1) is 0 Å². The summed E-state index contributed by atoms with van der Waals surface area (Å²) in [6.45, 7) is 17.0. The zero-order valence-corrected chi connectivity index (χ0v) is 11.8. The monoisotopic (exact) mass is 226 g/mol. The maximum atomic E-state index is 2.64. The van der Waals surface area contributed by atoms with Crippen molar-refractivity contribution in [3.05, 3.63) is 0 Å². The Hall–Kier alpha value is -0.0800. The first kappa shape index (κ1) is 14.0. The zero-order valence-electron chi connectivity index (χ0n) is 11.8. The van der Waals surface area contributed by atoms with Gasteiger partial charge in [0, 0.05) is 26.2 Å². The molecule has 0 aromatic carbocycles. The lowest BCUT2D eigenvalue weighted by molar-refractivity contribution is 0.121. The molecule has 1 fully saturated rings. The van der Waals surface area contributed by atoms with Crippen LogP contribution in [-0.4, -0.2) is 49.1 Å². The van der Waals surface area contributed by atoms with Gasteiger partial charge in [-0.25, -0.2) is 0 Å². The van der Waals surface area contributed by atoms with Gasteiger partial charge in [-0.1, -0.05) is 34.1 Å². The Morgan fingerprint density at radius 3 is 1.94 bits per heavy atom. The van der Waals surface area contributed by atoms with E-state index in [4.69, 9.17) is 0 Å². The fraction of sp³-hybridized carbons (Fsp3) is 1.00. The summed E-state index contributed by atoms with van der Waals surface area (Å²) in [5.74, 6) is 0. The molecular formula is C14H30N2. The smallest absolute Gasteiger partial charge is 0.0110 e. The molecule has 1 aliphatic heterocycles. The fourth-order valence-electron chi connectivity index (χ4n) is 2.59. The summed E-state index contributed by atoms with van der Waals surface area (Å²) in [6.07, 6.45) is 4.03. The number of rotatable bonds is 6. The van der Waals surface area contributed by atoms with Gasteiger partial charge in [-0.3, -0.25) is 0 Å². The largest absolute Gasteiger partial charge is 0.301 e. The van der Waals surface area contributed by atoms with Crippen molar-refractivity contribution < 1.29 is 0 Å². The van der Waals surface area contributed by atoms with Crippen LogP contribution in [-0.2, 0) is 0 Å². The Balaban J connectivity index is 2.19. The van der Waals surface area contributed by atoms with Gasteiger partial charge in [0.25, 0.3) is 0 Å².